The van der Waals surface area contributed by atoms with Crippen LogP contribution in [0.2, 0.25) is 0 Å². The molecular weight excluding hydrogens is 310 g/mol. The number of rotatable bonds is 2. The fourth-order valence-electron chi connectivity index (χ4n) is 2.33. The summed E-state index contributed by atoms with van der Waals surface area (Å²) in [6.07, 6.45) is 1.51. The van der Waals surface area contributed by atoms with Crippen molar-refractivity contribution in [3.63, 3.8) is 0 Å². The van der Waals surface area contributed by atoms with E-state index in [-0.39, 0.29) is 11.9 Å². The quantitative estimate of drug-likeness (QED) is 0.785. The molecule has 0 N–H and O–H groups in total. The first kappa shape index (κ1) is 14.1. The van der Waals surface area contributed by atoms with Gasteiger partial charge in [-0.25, -0.2) is 4.79 Å². The highest BCUT2D eigenvalue weighted by Crippen LogP contribution is 2.23. The van der Waals surface area contributed by atoms with E-state index >= 15 is 0 Å². The summed E-state index contributed by atoms with van der Waals surface area (Å²) in [6, 6.07) is 5.01. The molecule has 0 radical (unpaired) electrons. The molecule has 0 aromatic heterocycles. The Bertz CT molecular complexity index is 515. The highest BCUT2D eigenvalue weighted by molar-refractivity contribution is 9.10. The number of nitrogens with zero attached hydrogens (tertiary/aromatic N) is 1. The molecule has 19 heavy (non-hydrogen) atoms. The van der Waals surface area contributed by atoms with Crippen molar-refractivity contribution in [2.75, 3.05) is 13.7 Å². The highest BCUT2D eigenvalue weighted by atomic mass is 79.9. The molecule has 1 aromatic carbocycles. The van der Waals surface area contributed by atoms with E-state index in [1.54, 1.807) is 11.0 Å². The average molecular weight is 326 g/mol. The van der Waals surface area contributed by atoms with Gasteiger partial charge in [0.1, 0.15) is 6.04 Å². The zero-order chi connectivity index (χ0) is 14.0. The zero-order valence-corrected chi connectivity index (χ0v) is 12.6. The second-order valence-electron chi connectivity index (χ2n) is 4.64. The molecule has 1 aliphatic rings. The van der Waals surface area contributed by atoms with E-state index in [0.29, 0.717) is 18.5 Å². The minimum absolute atomic E-state index is 0.108. The Morgan fingerprint density at radius 3 is 2.79 bits per heavy atom. The predicted octanol–water partition coefficient (Wildman–Crippen LogP) is 2.54. The van der Waals surface area contributed by atoms with E-state index in [2.05, 4.69) is 15.9 Å². The second kappa shape index (κ2) is 5.74. The van der Waals surface area contributed by atoms with Gasteiger partial charge in [-0.05, 0) is 43.5 Å². The molecule has 0 bridgehead atoms. The van der Waals surface area contributed by atoms with Crippen molar-refractivity contribution in [3.05, 3.63) is 33.8 Å². The number of carbonyl (C=O) groups is 2. The van der Waals surface area contributed by atoms with Gasteiger partial charge in [-0.1, -0.05) is 15.9 Å². The van der Waals surface area contributed by atoms with Crippen LogP contribution in [-0.4, -0.2) is 36.5 Å². The molecule has 1 heterocycles. The van der Waals surface area contributed by atoms with E-state index < -0.39 is 6.04 Å². The molecule has 5 heteroatoms. The lowest BCUT2D eigenvalue weighted by molar-refractivity contribution is -0.145. The first-order chi connectivity index (χ1) is 9.04. The van der Waals surface area contributed by atoms with Crippen molar-refractivity contribution in [2.24, 2.45) is 0 Å². The van der Waals surface area contributed by atoms with Crippen LogP contribution in [-0.2, 0) is 9.53 Å². The normalized spacial score (nSPS) is 18.5. The number of hydrogen-bond acceptors (Lipinski definition) is 3. The Hall–Kier alpha value is -1.36. The van der Waals surface area contributed by atoms with Crippen LogP contribution in [0.4, 0.5) is 0 Å². The Balaban J connectivity index is 2.23. The van der Waals surface area contributed by atoms with Gasteiger partial charge in [0, 0.05) is 16.6 Å². The van der Waals surface area contributed by atoms with E-state index in [4.69, 9.17) is 4.74 Å². The maximum Gasteiger partial charge on any atom is 0.328 e. The Labute approximate surface area is 120 Å². The number of likely N-dealkylation sites (tertiary alicyclic amines) is 1. The van der Waals surface area contributed by atoms with Crippen molar-refractivity contribution < 1.29 is 14.3 Å². The third-order valence-electron chi connectivity index (χ3n) is 3.39. The van der Waals surface area contributed by atoms with Gasteiger partial charge in [-0.15, -0.1) is 0 Å². The van der Waals surface area contributed by atoms with Crippen LogP contribution in [0.3, 0.4) is 0 Å². The molecule has 1 aliphatic heterocycles. The number of amides is 1. The largest absolute Gasteiger partial charge is 0.467 e. The lowest BCUT2D eigenvalue weighted by atomic mass is 10.1. The monoisotopic (exact) mass is 325 g/mol. The fraction of sp³-hybridized carbons (Fsp3) is 0.429. The molecule has 1 saturated heterocycles. The number of methoxy groups -OCH3 is 1. The van der Waals surface area contributed by atoms with Crippen LogP contribution in [0.1, 0.15) is 28.8 Å². The van der Waals surface area contributed by atoms with Crippen LogP contribution >= 0.6 is 15.9 Å². The third-order valence-corrected chi connectivity index (χ3v) is 4.28. The van der Waals surface area contributed by atoms with Gasteiger partial charge in [0.25, 0.3) is 5.91 Å². The highest BCUT2D eigenvalue weighted by Gasteiger charge is 2.35. The van der Waals surface area contributed by atoms with Gasteiger partial charge in [-0.3, -0.25) is 4.79 Å². The molecule has 0 spiro atoms. The zero-order valence-electron chi connectivity index (χ0n) is 11.0. The summed E-state index contributed by atoms with van der Waals surface area (Å²) >= 11 is 3.41. The Morgan fingerprint density at radius 1 is 1.42 bits per heavy atom. The summed E-state index contributed by atoms with van der Waals surface area (Å²) in [6.45, 7) is 2.54. The van der Waals surface area contributed by atoms with Crippen LogP contribution in [0.5, 0.6) is 0 Å². The lowest BCUT2D eigenvalue weighted by Crippen LogP contribution is -2.41. The van der Waals surface area contributed by atoms with Crippen molar-refractivity contribution in [2.45, 2.75) is 25.8 Å². The van der Waals surface area contributed by atoms with Gasteiger partial charge in [0.05, 0.1) is 7.11 Å². The summed E-state index contributed by atoms with van der Waals surface area (Å²) in [7, 11) is 1.35. The molecule has 1 fully saturated rings. The maximum absolute atomic E-state index is 12.4. The molecule has 1 aromatic rings. The van der Waals surface area contributed by atoms with E-state index in [9.17, 15) is 9.59 Å². The number of aryl methyl sites for hydroxylation is 1. The van der Waals surface area contributed by atoms with Crippen molar-refractivity contribution >= 4 is 27.8 Å². The average Bonchev–Trinajstić information content (AvgIpc) is 2.89. The molecule has 2 rings (SSSR count). The Morgan fingerprint density at radius 2 is 2.16 bits per heavy atom. The summed E-state index contributed by atoms with van der Waals surface area (Å²) < 4.78 is 5.72. The molecule has 1 atom stereocenters. The molecule has 4 nitrogen and oxygen atoms in total. The summed E-state index contributed by atoms with van der Waals surface area (Å²) in [5, 5.41) is 0. The van der Waals surface area contributed by atoms with Gasteiger partial charge >= 0.3 is 5.97 Å². The topological polar surface area (TPSA) is 46.6 Å². The summed E-state index contributed by atoms with van der Waals surface area (Å²) in [5.74, 6) is -0.441. The minimum atomic E-state index is -0.443. The van der Waals surface area contributed by atoms with Crippen molar-refractivity contribution in [1.82, 2.24) is 4.90 Å². The molecule has 1 amide bonds. The van der Waals surface area contributed by atoms with Crippen LogP contribution in [0.25, 0.3) is 0 Å². The fourth-order valence-corrected chi connectivity index (χ4v) is 2.58. The maximum atomic E-state index is 12.4. The van der Waals surface area contributed by atoms with Gasteiger partial charge in [-0.2, -0.15) is 0 Å². The number of carbonyl (C=O) groups excluding carboxylic acids is 2. The van der Waals surface area contributed by atoms with Gasteiger partial charge in [0.15, 0.2) is 0 Å². The first-order valence-electron chi connectivity index (χ1n) is 6.19. The minimum Gasteiger partial charge on any atom is -0.467 e. The molecular formula is C14H16BrNO3. The molecule has 0 saturated carbocycles. The number of halogens is 1. The van der Waals surface area contributed by atoms with Gasteiger partial charge in [0.2, 0.25) is 0 Å². The van der Waals surface area contributed by atoms with Gasteiger partial charge < -0.3 is 9.64 Å². The van der Waals surface area contributed by atoms with Crippen LogP contribution in [0, 0.1) is 6.92 Å². The summed E-state index contributed by atoms with van der Waals surface area (Å²) in [4.78, 5) is 25.7. The smallest absolute Gasteiger partial charge is 0.328 e. The Kier molecular flexibility index (Phi) is 4.24. The van der Waals surface area contributed by atoms with Crippen molar-refractivity contribution in [1.29, 1.82) is 0 Å². The SMILES string of the molecule is COC(=O)C1CCCN1C(=O)c1ccc(Br)c(C)c1. The summed E-state index contributed by atoms with van der Waals surface area (Å²) in [5.41, 5.74) is 1.61. The number of hydrogen-bond donors (Lipinski definition) is 0. The van der Waals surface area contributed by atoms with E-state index in [1.165, 1.54) is 7.11 Å². The number of esters is 1. The van der Waals surface area contributed by atoms with E-state index in [1.807, 2.05) is 19.1 Å². The van der Waals surface area contributed by atoms with E-state index in [0.717, 1.165) is 16.5 Å². The predicted molar refractivity (Wildman–Crippen MR) is 75.0 cm³/mol. The second-order valence-corrected chi connectivity index (χ2v) is 5.50. The first-order valence-corrected chi connectivity index (χ1v) is 6.99. The molecule has 1 unspecified atom stereocenters. The molecule has 0 aliphatic carbocycles. The lowest BCUT2D eigenvalue weighted by Gasteiger charge is -2.22. The van der Waals surface area contributed by atoms with Crippen LogP contribution < -0.4 is 0 Å². The number of benzene rings is 1. The van der Waals surface area contributed by atoms with Crippen molar-refractivity contribution in [3.8, 4) is 0 Å². The molecule has 102 valence electrons. The third kappa shape index (κ3) is 2.81. The standard InChI is InChI=1S/C14H16BrNO3/c1-9-8-10(5-6-11(9)15)13(17)16-7-3-4-12(16)14(18)19-2/h5-6,8,12H,3-4,7H2,1-2H3. The number of ether oxygens (including phenoxy) is 1. The van der Waals surface area contributed by atoms with Crippen LogP contribution in [0.15, 0.2) is 22.7 Å².